The minimum absolute atomic E-state index is 0.257. The largest absolute Gasteiger partial charge is 0.496 e. The van der Waals surface area contributed by atoms with Crippen LogP contribution in [-0.2, 0) is 17.9 Å². The highest BCUT2D eigenvalue weighted by atomic mass is 16.5. The summed E-state index contributed by atoms with van der Waals surface area (Å²) in [5.74, 6) is 1.12. The predicted octanol–water partition coefficient (Wildman–Crippen LogP) is 1.93. The van der Waals surface area contributed by atoms with E-state index in [-0.39, 0.29) is 5.91 Å². The summed E-state index contributed by atoms with van der Waals surface area (Å²) in [6.07, 6.45) is 2.80. The average molecular weight is 262 g/mol. The van der Waals surface area contributed by atoms with E-state index in [4.69, 9.17) is 4.74 Å². The van der Waals surface area contributed by atoms with E-state index < -0.39 is 0 Å². The van der Waals surface area contributed by atoms with Gasteiger partial charge in [-0.2, -0.15) is 0 Å². The molecule has 0 unspecified atom stereocenters. The second-order valence-corrected chi connectivity index (χ2v) is 4.95. The number of nitrogens with one attached hydrogen (secondary N) is 1. The number of carbonyl (C=O) groups is 1. The van der Waals surface area contributed by atoms with Gasteiger partial charge in [0.25, 0.3) is 0 Å². The summed E-state index contributed by atoms with van der Waals surface area (Å²) < 4.78 is 5.40. The monoisotopic (exact) mass is 262 g/mol. The molecule has 1 aliphatic rings. The number of benzene rings is 1. The molecule has 0 radical (unpaired) electrons. The Morgan fingerprint density at radius 2 is 2.21 bits per heavy atom. The normalized spacial score (nSPS) is 15.7. The average Bonchev–Trinajstić information content (AvgIpc) is 2.42. The third kappa shape index (κ3) is 3.47. The number of hydrogen-bond donors (Lipinski definition) is 1. The maximum atomic E-state index is 11.9. The lowest BCUT2D eigenvalue weighted by atomic mass is 10.1. The Bertz CT molecular complexity index is 446. The van der Waals surface area contributed by atoms with E-state index in [0.29, 0.717) is 13.0 Å². The van der Waals surface area contributed by atoms with Gasteiger partial charge in [-0.1, -0.05) is 6.07 Å². The van der Waals surface area contributed by atoms with Crippen molar-refractivity contribution in [3.05, 3.63) is 29.3 Å². The van der Waals surface area contributed by atoms with Crippen LogP contribution in [0.15, 0.2) is 18.2 Å². The van der Waals surface area contributed by atoms with E-state index in [9.17, 15) is 4.79 Å². The molecule has 19 heavy (non-hydrogen) atoms. The molecule has 0 aromatic heterocycles. The van der Waals surface area contributed by atoms with Crippen LogP contribution in [-0.4, -0.2) is 31.5 Å². The Morgan fingerprint density at radius 3 is 2.89 bits per heavy atom. The predicted molar refractivity (Wildman–Crippen MR) is 75.0 cm³/mol. The quantitative estimate of drug-likeness (QED) is 0.881. The van der Waals surface area contributed by atoms with Crippen LogP contribution in [0.3, 0.4) is 0 Å². The SMILES string of the molecule is CNCc1ccc(OC)c(CN2CCCCC2=O)c1. The molecule has 0 aliphatic carbocycles. The molecule has 2 rings (SSSR count). The summed E-state index contributed by atoms with van der Waals surface area (Å²) in [4.78, 5) is 13.8. The third-order valence-electron chi connectivity index (χ3n) is 3.51. The molecule has 1 N–H and O–H groups in total. The first-order chi connectivity index (χ1) is 9.24. The van der Waals surface area contributed by atoms with Gasteiger partial charge in [-0.05, 0) is 37.6 Å². The number of likely N-dealkylation sites (tertiary alicyclic amines) is 1. The van der Waals surface area contributed by atoms with Crippen LogP contribution in [0.1, 0.15) is 30.4 Å². The molecule has 1 aromatic rings. The number of carbonyl (C=O) groups excluding carboxylic acids is 1. The van der Waals surface area contributed by atoms with Crippen LogP contribution >= 0.6 is 0 Å². The Morgan fingerprint density at radius 1 is 1.37 bits per heavy atom. The lowest BCUT2D eigenvalue weighted by Gasteiger charge is -2.27. The van der Waals surface area contributed by atoms with Gasteiger partial charge in [-0.15, -0.1) is 0 Å². The highest BCUT2D eigenvalue weighted by Crippen LogP contribution is 2.23. The van der Waals surface area contributed by atoms with Crippen molar-refractivity contribution in [1.82, 2.24) is 10.2 Å². The van der Waals surface area contributed by atoms with Gasteiger partial charge in [0.15, 0.2) is 0 Å². The summed E-state index contributed by atoms with van der Waals surface area (Å²) in [7, 11) is 3.60. The summed E-state index contributed by atoms with van der Waals surface area (Å²) in [6, 6.07) is 6.16. The number of nitrogens with zero attached hydrogens (tertiary/aromatic N) is 1. The van der Waals surface area contributed by atoms with Gasteiger partial charge in [-0.3, -0.25) is 4.79 Å². The van der Waals surface area contributed by atoms with E-state index in [0.717, 1.165) is 37.2 Å². The molecule has 0 bridgehead atoms. The number of ether oxygens (including phenoxy) is 1. The number of methoxy groups -OCH3 is 1. The van der Waals surface area contributed by atoms with E-state index >= 15 is 0 Å². The molecule has 0 spiro atoms. The molecular weight excluding hydrogens is 240 g/mol. The molecule has 4 heteroatoms. The topological polar surface area (TPSA) is 41.6 Å². The first-order valence-corrected chi connectivity index (χ1v) is 6.82. The zero-order valence-electron chi connectivity index (χ0n) is 11.7. The van der Waals surface area contributed by atoms with Crippen LogP contribution in [0.2, 0.25) is 0 Å². The number of hydrogen-bond acceptors (Lipinski definition) is 3. The van der Waals surface area contributed by atoms with Gasteiger partial charge in [0.05, 0.1) is 7.11 Å². The molecule has 1 aromatic carbocycles. The lowest BCUT2D eigenvalue weighted by molar-refractivity contribution is -0.133. The smallest absolute Gasteiger partial charge is 0.222 e. The fourth-order valence-electron chi connectivity index (χ4n) is 2.50. The van der Waals surface area contributed by atoms with Gasteiger partial charge >= 0.3 is 0 Å². The summed E-state index contributed by atoms with van der Waals surface area (Å²) in [5.41, 5.74) is 2.30. The summed E-state index contributed by atoms with van der Waals surface area (Å²) in [5, 5.41) is 3.14. The molecule has 1 fully saturated rings. The van der Waals surface area contributed by atoms with Crippen molar-refractivity contribution in [3.8, 4) is 5.75 Å². The lowest BCUT2D eigenvalue weighted by Crippen LogP contribution is -2.34. The molecule has 4 nitrogen and oxygen atoms in total. The Hall–Kier alpha value is -1.55. The second kappa shape index (κ2) is 6.57. The molecule has 104 valence electrons. The molecule has 1 aliphatic heterocycles. The molecule has 1 amide bonds. The van der Waals surface area contributed by atoms with E-state index in [2.05, 4.69) is 17.4 Å². The maximum absolute atomic E-state index is 11.9. The van der Waals surface area contributed by atoms with Crippen LogP contribution < -0.4 is 10.1 Å². The molecule has 1 saturated heterocycles. The van der Waals surface area contributed by atoms with Gasteiger partial charge in [0.2, 0.25) is 5.91 Å². The van der Waals surface area contributed by atoms with Crippen molar-refractivity contribution in [1.29, 1.82) is 0 Å². The van der Waals surface area contributed by atoms with E-state index in [1.54, 1.807) is 7.11 Å². The minimum Gasteiger partial charge on any atom is -0.496 e. The highest BCUT2D eigenvalue weighted by Gasteiger charge is 2.19. The molecule has 1 heterocycles. The van der Waals surface area contributed by atoms with Crippen LogP contribution in [0.5, 0.6) is 5.75 Å². The number of amides is 1. The first kappa shape index (κ1) is 13.9. The zero-order chi connectivity index (χ0) is 13.7. The number of rotatable bonds is 5. The molecule has 0 atom stereocenters. The van der Waals surface area contributed by atoms with E-state index in [1.165, 1.54) is 5.56 Å². The molecule has 0 saturated carbocycles. The highest BCUT2D eigenvalue weighted by molar-refractivity contribution is 5.76. The van der Waals surface area contributed by atoms with Gasteiger partial charge in [0, 0.05) is 31.6 Å². The first-order valence-electron chi connectivity index (χ1n) is 6.82. The summed E-state index contributed by atoms with van der Waals surface area (Å²) in [6.45, 7) is 2.34. The van der Waals surface area contributed by atoms with Crippen LogP contribution in [0, 0.1) is 0 Å². The fourth-order valence-corrected chi connectivity index (χ4v) is 2.50. The van der Waals surface area contributed by atoms with Gasteiger partial charge < -0.3 is 15.0 Å². The Balaban J connectivity index is 2.16. The molecular formula is C15H22N2O2. The third-order valence-corrected chi connectivity index (χ3v) is 3.51. The minimum atomic E-state index is 0.257. The van der Waals surface area contributed by atoms with Gasteiger partial charge in [-0.25, -0.2) is 0 Å². The maximum Gasteiger partial charge on any atom is 0.222 e. The van der Waals surface area contributed by atoms with Crippen molar-refractivity contribution in [2.24, 2.45) is 0 Å². The van der Waals surface area contributed by atoms with Crippen molar-refractivity contribution in [2.75, 3.05) is 20.7 Å². The Kier molecular flexibility index (Phi) is 4.80. The summed E-state index contributed by atoms with van der Waals surface area (Å²) >= 11 is 0. The fraction of sp³-hybridized carbons (Fsp3) is 0.533. The van der Waals surface area contributed by atoms with Crippen molar-refractivity contribution in [3.63, 3.8) is 0 Å². The number of piperidine rings is 1. The standard InChI is InChI=1S/C15H22N2O2/c1-16-10-12-6-7-14(19-2)13(9-12)11-17-8-4-3-5-15(17)18/h6-7,9,16H,3-5,8,10-11H2,1-2H3. The zero-order valence-corrected chi connectivity index (χ0v) is 11.7. The Labute approximate surface area is 114 Å². The van der Waals surface area contributed by atoms with Crippen molar-refractivity contribution >= 4 is 5.91 Å². The van der Waals surface area contributed by atoms with Crippen molar-refractivity contribution < 1.29 is 9.53 Å². The van der Waals surface area contributed by atoms with Crippen molar-refractivity contribution in [2.45, 2.75) is 32.4 Å². The second-order valence-electron chi connectivity index (χ2n) is 4.95. The van der Waals surface area contributed by atoms with Crippen LogP contribution in [0.25, 0.3) is 0 Å². The van der Waals surface area contributed by atoms with Gasteiger partial charge in [0.1, 0.15) is 5.75 Å². The van der Waals surface area contributed by atoms with Crippen LogP contribution in [0.4, 0.5) is 0 Å². The van der Waals surface area contributed by atoms with E-state index in [1.807, 2.05) is 18.0 Å².